The van der Waals surface area contributed by atoms with Crippen molar-refractivity contribution in [2.75, 3.05) is 0 Å². The highest BCUT2D eigenvalue weighted by molar-refractivity contribution is 9.10. The summed E-state index contributed by atoms with van der Waals surface area (Å²) in [7, 11) is 0. The summed E-state index contributed by atoms with van der Waals surface area (Å²) in [6.45, 7) is 2.35. The van der Waals surface area contributed by atoms with Crippen LogP contribution < -0.4 is 0 Å². The van der Waals surface area contributed by atoms with Crippen LogP contribution >= 0.6 is 27.7 Å². The minimum atomic E-state index is -1.34. The quantitative estimate of drug-likeness (QED) is 0.466. The largest absolute Gasteiger partial charge is 0.480 e. The Kier molecular flexibility index (Phi) is 6.21. The molecule has 1 aliphatic heterocycles. The van der Waals surface area contributed by atoms with Crippen LogP contribution in [0, 0.1) is 6.92 Å². The van der Waals surface area contributed by atoms with E-state index in [2.05, 4.69) is 15.9 Å². The predicted octanol–water partition coefficient (Wildman–Crippen LogP) is 5.85. The predicted molar refractivity (Wildman–Crippen MR) is 126 cm³/mol. The molecule has 0 spiro atoms. The number of carbonyl (C=O) groups excluding carboxylic acids is 1. The molecule has 31 heavy (non-hydrogen) atoms. The number of amides is 1. The average molecular weight is 496 g/mol. The maximum absolute atomic E-state index is 13.3. The summed E-state index contributed by atoms with van der Waals surface area (Å²) >= 11 is 4.86. The lowest BCUT2D eigenvalue weighted by Gasteiger charge is -2.35. The first-order valence-electron chi connectivity index (χ1n) is 9.97. The molecule has 2 atom stereocenters. The molecular formula is C25H22BrNO3S. The number of thioether (sulfide) groups is 1. The lowest BCUT2D eigenvalue weighted by Crippen LogP contribution is -2.41. The molecule has 1 saturated heterocycles. The Morgan fingerprint density at radius 2 is 1.71 bits per heavy atom. The number of carboxylic acids is 1. The fourth-order valence-corrected chi connectivity index (χ4v) is 5.88. The van der Waals surface area contributed by atoms with Crippen molar-refractivity contribution < 1.29 is 14.7 Å². The molecule has 3 aromatic rings. The lowest BCUT2D eigenvalue weighted by atomic mass is 9.92. The molecule has 158 valence electrons. The van der Waals surface area contributed by atoms with Gasteiger partial charge in [-0.3, -0.25) is 9.59 Å². The molecule has 6 heteroatoms. The van der Waals surface area contributed by atoms with Gasteiger partial charge in [-0.2, -0.15) is 0 Å². The molecule has 4 nitrogen and oxygen atoms in total. The molecule has 0 bridgehead atoms. The van der Waals surface area contributed by atoms with Crippen LogP contribution in [0.2, 0.25) is 0 Å². The Morgan fingerprint density at radius 3 is 2.35 bits per heavy atom. The van der Waals surface area contributed by atoms with Crippen LogP contribution in [0.3, 0.4) is 0 Å². The number of likely N-dealkylation sites (tertiary alicyclic amines) is 1. The van der Waals surface area contributed by atoms with Gasteiger partial charge in [-0.05, 0) is 36.2 Å². The number of hydrogen-bond donors (Lipinski definition) is 1. The van der Waals surface area contributed by atoms with Crippen molar-refractivity contribution in [1.29, 1.82) is 0 Å². The Balaban J connectivity index is 1.83. The lowest BCUT2D eigenvalue weighted by molar-refractivity contribution is -0.140. The number of hydrogen-bond acceptors (Lipinski definition) is 3. The zero-order valence-electron chi connectivity index (χ0n) is 17.0. The van der Waals surface area contributed by atoms with Crippen LogP contribution in [-0.2, 0) is 16.1 Å². The van der Waals surface area contributed by atoms with Gasteiger partial charge in [-0.1, -0.05) is 82.2 Å². The fraction of sp³-hybridized carbons (Fsp3) is 0.200. The van der Waals surface area contributed by atoms with E-state index in [1.54, 1.807) is 4.90 Å². The number of nitrogens with zero attached hydrogens (tertiary/aromatic N) is 1. The molecule has 1 N–H and O–H groups in total. The number of benzene rings is 3. The summed E-state index contributed by atoms with van der Waals surface area (Å²) in [4.78, 5) is 28.6. The van der Waals surface area contributed by atoms with Gasteiger partial charge in [-0.25, -0.2) is 0 Å². The van der Waals surface area contributed by atoms with Crippen molar-refractivity contribution in [2.45, 2.75) is 35.6 Å². The Hall–Kier alpha value is -2.57. The van der Waals surface area contributed by atoms with Crippen molar-refractivity contribution in [3.8, 4) is 0 Å². The molecule has 4 rings (SSSR count). The third kappa shape index (κ3) is 4.27. The maximum atomic E-state index is 13.3. The van der Waals surface area contributed by atoms with E-state index in [1.165, 1.54) is 11.8 Å². The fourth-order valence-electron chi connectivity index (χ4n) is 4.04. The number of aliphatic carboxylic acids is 1. The molecule has 1 amide bonds. The Labute approximate surface area is 194 Å². The van der Waals surface area contributed by atoms with Gasteiger partial charge in [-0.15, -0.1) is 11.8 Å². The van der Waals surface area contributed by atoms with Crippen molar-refractivity contribution in [1.82, 2.24) is 4.90 Å². The summed E-state index contributed by atoms with van der Waals surface area (Å²) in [5.74, 6) is -1.14. The van der Waals surface area contributed by atoms with E-state index in [4.69, 9.17) is 0 Å². The van der Waals surface area contributed by atoms with E-state index >= 15 is 0 Å². The third-order valence-electron chi connectivity index (χ3n) is 5.57. The van der Waals surface area contributed by atoms with Crippen LogP contribution in [0.4, 0.5) is 0 Å². The standard InChI is InChI=1S/C25H22BrNO3S/c1-17-11-13-19(14-12-17)31-25(24(29)30)15-22(28)27(16-18-7-3-2-4-8-18)23(25)20-9-5-6-10-21(20)26/h2-14,23H,15-16H2,1H3,(H,29,30)/t23-,25-/m1/s1. The maximum Gasteiger partial charge on any atom is 0.323 e. The van der Waals surface area contributed by atoms with Crippen LogP contribution in [0.1, 0.15) is 29.2 Å². The van der Waals surface area contributed by atoms with Gasteiger partial charge in [0, 0.05) is 15.9 Å². The van der Waals surface area contributed by atoms with Gasteiger partial charge in [0.25, 0.3) is 0 Å². The second-order valence-electron chi connectivity index (χ2n) is 7.72. The van der Waals surface area contributed by atoms with Gasteiger partial charge in [0.1, 0.15) is 0 Å². The molecule has 0 radical (unpaired) electrons. The summed E-state index contributed by atoms with van der Waals surface area (Å²) in [6.07, 6.45) is -0.0697. The molecular weight excluding hydrogens is 474 g/mol. The first-order chi connectivity index (χ1) is 14.9. The topological polar surface area (TPSA) is 57.6 Å². The van der Waals surface area contributed by atoms with Gasteiger partial charge < -0.3 is 10.0 Å². The van der Waals surface area contributed by atoms with Gasteiger partial charge >= 0.3 is 5.97 Å². The minimum absolute atomic E-state index is 0.0697. The number of aryl methyl sites for hydroxylation is 1. The molecule has 1 fully saturated rings. The number of halogens is 1. The summed E-state index contributed by atoms with van der Waals surface area (Å²) in [5, 5.41) is 10.5. The van der Waals surface area contributed by atoms with Crippen molar-refractivity contribution in [3.63, 3.8) is 0 Å². The molecule has 1 heterocycles. The SMILES string of the molecule is Cc1ccc(S[C@]2(C(=O)O)CC(=O)N(Cc3ccccc3)[C@@H]2c2ccccc2Br)cc1. The summed E-state index contributed by atoms with van der Waals surface area (Å²) < 4.78 is -0.548. The second-order valence-corrected chi connectivity index (χ2v) is 9.98. The first kappa shape index (κ1) is 21.7. The second kappa shape index (κ2) is 8.89. The molecule has 3 aromatic carbocycles. The smallest absolute Gasteiger partial charge is 0.323 e. The highest BCUT2D eigenvalue weighted by atomic mass is 79.9. The van der Waals surface area contributed by atoms with Gasteiger partial charge in [0.2, 0.25) is 5.91 Å². The average Bonchev–Trinajstić information content (AvgIpc) is 3.03. The number of rotatable bonds is 6. The first-order valence-corrected chi connectivity index (χ1v) is 11.6. The zero-order valence-corrected chi connectivity index (χ0v) is 19.4. The van der Waals surface area contributed by atoms with Crippen molar-refractivity contribution in [3.05, 3.63) is 100 Å². The summed E-state index contributed by atoms with van der Waals surface area (Å²) in [5.41, 5.74) is 2.87. The van der Waals surface area contributed by atoms with Crippen LogP contribution in [0.15, 0.2) is 88.2 Å². The van der Waals surface area contributed by atoms with Crippen molar-refractivity contribution >= 4 is 39.6 Å². The van der Waals surface area contributed by atoms with E-state index in [0.29, 0.717) is 6.54 Å². The molecule has 1 aliphatic rings. The van der Waals surface area contributed by atoms with Gasteiger partial charge in [0.15, 0.2) is 4.75 Å². The van der Waals surface area contributed by atoms with E-state index < -0.39 is 16.8 Å². The normalized spacial score (nSPS) is 20.8. The van der Waals surface area contributed by atoms with Crippen LogP contribution in [0.5, 0.6) is 0 Å². The molecule has 0 aliphatic carbocycles. The van der Waals surface area contributed by atoms with Gasteiger partial charge in [0.05, 0.1) is 12.5 Å². The van der Waals surface area contributed by atoms with Crippen molar-refractivity contribution in [2.24, 2.45) is 0 Å². The number of carboxylic acid groups (broad SMARTS) is 1. The van der Waals surface area contributed by atoms with Crippen LogP contribution in [-0.4, -0.2) is 26.6 Å². The monoisotopic (exact) mass is 495 g/mol. The molecule has 0 aromatic heterocycles. The number of carbonyl (C=O) groups is 2. The Morgan fingerprint density at radius 1 is 1.06 bits per heavy atom. The van der Waals surface area contributed by atoms with E-state index in [1.807, 2.05) is 85.8 Å². The van der Waals surface area contributed by atoms with Crippen LogP contribution in [0.25, 0.3) is 0 Å². The van der Waals surface area contributed by atoms with E-state index in [0.717, 1.165) is 26.1 Å². The highest BCUT2D eigenvalue weighted by Crippen LogP contribution is 2.54. The van der Waals surface area contributed by atoms with E-state index in [-0.39, 0.29) is 12.3 Å². The molecule has 0 saturated carbocycles. The minimum Gasteiger partial charge on any atom is -0.480 e. The van der Waals surface area contributed by atoms with E-state index in [9.17, 15) is 14.7 Å². The molecule has 0 unspecified atom stereocenters. The Bertz CT molecular complexity index is 1100. The highest BCUT2D eigenvalue weighted by Gasteiger charge is 2.58. The summed E-state index contributed by atoms with van der Waals surface area (Å²) in [6, 6.07) is 24.4. The third-order valence-corrected chi connectivity index (χ3v) is 7.70. The zero-order chi connectivity index (χ0) is 22.0.